The molecule has 0 aromatic heterocycles. The Hall–Kier alpha value is -0.660. The van der Waals surface area contributed by atoms with Crippen LogP contribution in [0.15, 0.2) is 46.9 Å². The van der Waals surface area contributed by atoms with Crippen molar-refractivity contribution in [2.75, 3.05) is 5.32 Å². The fourth-order valence-corrected chi connectivity index (χ4v) is 2.48. The van der Waals surface area contributed by atoms with E-state index in [1.165, 1.54) is 0 Å². The first-order valence-corrected chi connectivity index (χ1v) is 7.47. The molecule has 92 valence electrons. The Bertz CT molecular complexity index is 601. The summed E-state index contributed by atoms with van der Waals surface area (Å²) in [7, 11) is 0. The summed E-state index contributed by atoms with van der Waals surface area (Å²) in [5, 5.41) is 3.33. The van der Waals surface area contributed by atoms with Crippen molar-refractivity contribution in [1.82, 2.24) is 0 Å². The summed E-state index contributed by atoms with van der Waals surface area (Å²) in [5.41, 5.74) is 8.48. The molecule has 18 heavy (non-hydrogen) atoms. The molecule has 0 unspecified atom stereocenters. The van der Waals surface area contributed by atoms with Crippen molar-refractivity contribution in [3.8, 4) is 0 Å². The Morgan fingerprint density at radius 3 is 2.61 bits per heavy atom. The predicted molar refractivity (Wildman–Crippen MR) is 92.5 cm³/mol. The molecule has 0 spiro atoms. The number of benzene rings is 2. The second-order valence-corrected chi connectivity index (χ2v) is 6.12. The van der Waals surface area contributed by atoms with Crippen LogP contribution < -0.4 is 11.1 Å². The van der Waals surface area contributed by atoms with Gasteiger partial charge in [0, 0.05) is 25.0 Å². The van der Waals surface area contributed by atoms with E-state index in [4.69, 9.17) is 18.0 Å². The first-order chi connectivity index (χ1) is 8.58. The molecule has 0 aliphatic rings. The predicted octanol–water partition coefficient (Wildman–Crippen LogP) is 4.43. The van der Waals surface area contributed by atoms with E-state index in [0.29, 0.717) is 4.99 Å². The standard InChI is InChI=1S/C13H10BrIN2S/c14-10-6-5-8(7-11(10)15)17-12-4-2-1-3-9(12)13(16)18/h1-7,17H,(H2,16,18). The number of hydrogen-bond donors (Lipinski definition) is 2. The van der Waals surface area contributed by atoms with Crippen LogP contribution in [0.25, 0.3) is 0 Å². The van der Waals surface area contributed by atoms with E-state index in [2.05, 4.69) is 49.9 Å². The third kappa shape index (κ3) is 3.21. The molecule has 0 bridgehead atoms. The maximum absolute atomic E-state index is 5.70. The number of para-hydroxylation sites is 1. The van der Waals surface area contributed by atoms with Gasteiger partial charge in [0.25, 0.3) is 0 Å². The molecule has 0 amide bonds. The van der Waals surface area contributed by atoms with Gasteiger partial charge in [0.2, 0.25) is 0 Å². The number of nitrogens with one attached hydrogen (secondary N) is 1. The van der Waals surface area contributed by atoms with Gasteiger partial charge in [0.1, 0.15) is 4.99 Å². The molecule has 0 saturated heterocycles. The highest BCUT2D eigenvalue weighted by Gasteiger charge is 2.05. The van der Waals surface area contributed by atoms with Crippen LogP contribution >= 0.6 is 50.7 Å². The summed E-state index contributed by atoms with van der Waals surface area (Å²) in [6.07, 6.45) is 0. The summed E-state index contributed by atoms with van der Waals surface area (Å²) < 4.78 is 2.22. The van der Waals surface area contributed by atoms with Crippen molar-refractivity contribution in [2.45, 2.75) is 0 Å². The molecule has 2 aromatic rings. The van der Waals surface area contributed by atoms with Crippen molar-refractivity contribution in [3.05, 3.63) is 56.1 Å². The normalized spacial score (nSPS) is 10.1. The average Bonchev–Trinajstić information content (AvgIpc) is 2.34. The van der Waals surface area contributed by atoms with Gasteiger partial charge in [-0.1, -0.05) is 24.4 Å². The molecule has 0 fully saturated rings. The first kappa shape index (κ1) is 13.8. The summed E-state index contributed by atoms with van der Waals surface area (Å²) in [5.74, 6) is 0. The summed E-state index contributed by atoms with van der Waals surface area (Å²) in [6, 6.07) is 13.8. The summed E-state index contributed by atoms with van der Waals surface area (Å²) >= 11 is 10.8. The van der Waals surface area contributed by atoms with E-state index >= 15 is 0 Å². The van der Waals surface area contributed by atoms with Crippen LogP contribution in [0.4, 0.5) is 11.4 Å². The zero-order chi connectivity index (χ0) is 13.1. The quantitative estimate of drug-likeness (QED) is 0.556. The molecular weight excluding hydrogens is 423 g/mol. The molecule has 0 heterocycles. The maximum Gasteiger partial charge on any atom is 0.106 e. The lowest BCUT2D eigenvalue weighted by Gasteiger charge is -2.11. The van der Waals surface area contributed by atoms with Crippen LogP contribution in [0.1, 0.15) is 5.56 Å². The number of thiocarbonyl (C=S) groups is 1. The third-order valence-electron chi connectivity index (χ3n) is 2.39. The first-order valence-electron chi connectivity index (χ1n) is 5.19. The second-order valence-electron chi connectivity index (χ2n) is 3.66. The highest BCUT2D eigenvalue weighted by molar-refractivity contribution is 14.1. The number of rotatable bonds is 3. The Labute approximate surface area is 133 Å². The van der Waals surface area contributed by atoms with Gasteiger partial charge in [-0.25, -0.2) is 0 Å². The second kappa shape index (κ2) is 5.99. The topological polar surface area (TPSA) is 38.0 Å². The summed E-state index contributed by atoms with van der Waals surface area (Å²) in [6.45, 7) is 0. The van der Waals surface area contributed by atoms with Crippen LogP contribution in [0.2, 0.25) is 0 Å². The lowest BCUT2D eigenvalue weighted by molar-refractivity contribution is 1.49. The zero-order valence-corrected chi connectivity index (χ0v) is 13.8. The van der Waals surface area contributed by atoms with E-state index in [1.54, 1.807) is 0 Å². The van der Waals surface area contributed by atoms with Crippen LogP contribution in [0.3, 0.4) is 0 Å². The van der Waals surface area contributed by atoms with Crippen LogP contribution in [-0.2, 0) is 0 Å². The van der Waals surface area contributed by atoms with Crippen LogP contribution in [0, 0.1) is 3.57 Å². The Morgan fingerprint density at radius 2 is 1.94 bits per heavy atom. The van der Waals surface area contributed by atoms with Crippen LogP contribution in [0.5, 0.6) is 0 Å². The minimum Gasteiger partial charge on any atom is -0.389 e. The highest BCUT2D eigenvalue weighted by atomic mass is 127. The lowest BCUT2D eigenvalue weighted by atomic mass is 10.1. The maximum atomic E-state index is 5.70. The zero-order valence-electron chi connectivity index (χ0n) is 9.28. The van der Waals surface area contributed by atoms with Gasteiger partial charge in [0.15, 0.2) is 0 Å². The van der Waals surface area contributed by atoms with Gasteiger partial charge in [-0.3, -0.25) is 0 Å². The van der Waals surface area contributed by atoms with Crippen molar-refractivity contribution in [3.63, 3.8) is 0 Å². The van der Waals surface area contributed by atoms with Crippen molar-refractivity contribution < 1.29 is 0 Å². The van der Waals surface area contributed by atoms with Gasteiger partial charge in [-0.05, 0) is 68.9 Å². The molecule has 2 rings (SSSR count). The number of anilines is 2. The molecule has 0 aliphatic carbocycles. The smallest absolute Gasteiger partial charge is 0.106 e. The molecule has 0 radical (unpaired) electrons. The number of nitrogens with two attached hydrogens (primary N) is 1. The largest absolute Gasteiger partial charge is 0.389 e. The van der Waals surface area contributed by atoms with E-state index in [0.717, 1.165) is 25.0 Å². The number of halogens is 2. The molecule has 0 saturated carbocycles. The Morgan fingerprint density at radius 1 is 1.22 bits per heavy atom. The minimum absolute atomic E-state index is 0.393. The van der Waals surface area contributed by atoms with Gasteiger partial charge in [0.05, 0.1) is 0 Å². The summed E-state index contributed by atoms with van der Waals surface area (Å²) in [4.78, 5) is 0.393. The molecule has 0 aliphatic heterocycles. The third-order valence-corrected chi connectivity index (χ3v) is 4.94. The minimum atomic E-state index is 0.393. The van der Waals surface area contributed by atoms with Gasteiger partial charge in [-0.2, -0.15) is 0 Å². The van der Waals surface area contributed by atoms with E-state index in [1.807, 2.05) is 36.4 Å². The molecule has 5 heteroatoms. The van der Waals surface area contributed by atoms with E-state index in [9.17, 15) is 0 Å². The monoisotopic (exact) mass is 432 g/mol. The van der Waals surface area contributed by atoms with Crippen molar-refractivity contribution >= 4 is 67.1 Å². The van der Waals surface area contributed by atoms with E-state index < -0.39 is 0 Å². The Kier molecular flexibility index (Phi) is 4.58. The van der Waals surface area contributed by atoms with Gasteiger partial charge >= 0.3 is 0 Å². The Balaban J connectivity index is 2.34. The SMILES string of the molecule is NC(=S)c1ccccc1Nc1ccc(Br)c(I)c1. The van der Waals surface area contributed by atoms with E-state index in [-0.39, 0.29) is 0 Å². The van der Waals surface area contributed by atoms with Gasteiger partial charge < -0.3 is 11.1 Å². The van der Waals surface area contributed by atoms with Crippen molar-refractivity contribution in [2.24, 2.45) is 5.73 Å². The lowest BCUT2D eigenvalue weighted by Crippen LogP contribution is -2.11. The molecule has 3 N–H and O–H groups in total. The fraction of sp³-hybridized carbons (Fsp3) is 0. The average molecular weight is 433 g/mol. The van der Waals surface area contributed by atoms with Crippen molar-refractivity contribution in [1.29, 1.82) is 0 Å². The molecule has 2 nitrogen and oxygen atoms in total. The molecular formula is C13H10BrIN2S. The fourth-order valence-electron chi connectivity index (χ4n) is 1.54. The molecule has 0 atom stereocenters. The molecule has 2 aromatic carbocycles. The number of hydrogen-bond acceptors (Lipinski definition) is 2. The van der Waals surface area contributed by atoms with Crippen LogP contribution in [-0.4, -0.2) is 4.99 Å². The highest BCUT2D eigenvalue weighted by Crippen LogP contribution is 2.26. The van der Waals surface area contributed by atoms with Gasteiger partial charge in [-0.15, -0.1) is 0 Å².